The Labute approximate surface area is 223 Å². The van der Waals surface area contributed by atoms with E-state index in [1.807, 2.05) is 25.1 Å². The molecule has 11 heteroatoms. The van der Waals surface area contributed by atoms with Crippen LogP contribution in [0.5, 0.6) is 0 Å². The summed E-state index contributed by atoms with van der Waals surface area (Å²) in [6.07, 6.45) is 1.67. The number of morpholine rings is 1. The predicted molar refractivity (Wildman–Crippen MR) is 143 cm³/mol. The lowest BCUT2D eigenvalue weighted by atomic mass is 9.75. The first-order valence-corrected chi connectivity index (χ1v) is 14.6. The molecule has 0 atom stereocenters. The van der Waals surface area contributed by atoms with Gasteiger partial charge in [-0.05, 0) is 49.6 Å². The van der Waals surface area contributed by atoms with Gasteiger partial charge in [-0.2, -0.15) is 0 Å². The number of halogens is 2. The van der Waals surface area contributed by atoms with E-state index in [0.29, 0.717) is 62.7 Å². The number of hydrogen-bond acceptors (Lipinski definition) is 6. The highest BCUT2D eigenvalue weighted by atomic mass is 35.5. The smallest absolute Gasteiger partial charge is 0.252 e. The second kappa shape index (κ2) is 11.6. The Morgan fingerprint density at radius 1 is 1.11 bits per heavy atom. The molecule has 2 saturated heterocycles. The molecule has 0 unspecified atom stereocenters. The van der Waals surface area contributed by atoms with Gasteiger partial charge in [-0.1, -0.05) is 36.2 Å². The van der Waals surface area contributed by atoms with Crippen molar-refractivity contribution in [3.05, 3.63) is 57.7 Å². The van der Waals surface area contributed by atoms with Crippen LogP contribution in [0.3, 0.4) is 0 Å². The summed E-state index contributed by atoms with van der Waals surface area (Å²) in [5.74, 6) is 0.695. The van der Waals surface area contributed by atoms with Crippen LogP contribution < -0.4 is 10.2 Å². The molecule has 3 heterocycles. The third kappa shape index (κ3) is 6.14. The maximum absolute atomic E-state index is 13.0. The fourth-order valence-corrected chi connectivity index (χ4v) is 6.82. The van der Waals surface area contributed by atoms with Gasteiger partial charge in [0.2, 0.25) is 10.0 Å². The van der Waals surface area contributed by atoms with Crippen molar-refractivity contribution in [1.82, 2.24) is 14.6 Å². The van der Waals surface area contributed by atoms with Crippen LogP contribution in [0, 0.1) is 0 Å². The maximum atomic E-state index is 13.0. The van der Waals surface area contributed by atoms with Gasteiger partial charge in [-0.25, -0.2) is 17.7 Å². The molecule has 2 fully saturated rings. The van der Waals surface area contributed by atoms with Gasteiger partial charge in [0.15, 0.2) is 0 Å². The predicted octanol–water partition coefficient (Wildman–Crippen LogP) is 3.73. The number of aromatic nitrogens is 1. The van der Waals surface area contributed by atoms with Gasteiger partial charge in [0.1, 0.15) is 5.82 Å². The molecule has 8 nitrogen and oxygen atoms in total. The van der Waals surface area contributed by atoms with Crippen LogP contribution >= 0.6 is 23.2 Å². The van der Waals surface area contributed by atoms with Crippen LogP contribution in [-0.4, -0.2) is 75.3 Å². The first-order chi connectivity index (χ1) is 17.2. The number of anilines is 1. The lowest BCUT2D eigenvalue weighted by molar-refractivity contribution is 0.0932. The number of piperidine rings is 1. The Kier molecular flexibility index (Phi) is 8.78. The number of ether oxygens (including phenoxy) is 1. The topological polar surface area (TPSA) is 91.8 Å². The molecule has 36 heavy (non-hydrogen) atoms. The van der Waals surface area contributed by atoms with Crippen LogP contribution in [0.15, 0.2) is 36.4 Å². The molecule has 1 N–H and O–H groups in total. The first kappa shape index (κ1) is 27.1. The number of carbonyl (C=O) groups is 1. The third-order valence-corrected chi connectivity index (χ3v) is 9.53. The van der Waals surface area contributed by atoms with Crippen molar-refractivity contribution in [3.63, 3.8) is 0 Å². The van der Waals surface area contributed by atoms with Crippen molar-refractivity contribution >= 4 is 45.0 Å². The zero-order chi connectivity index (χ0) is 25.8. The molecule has 0 spiro atoms. The molecule has 2 aliphatic rings. The Balaban J connectivity index is 1.59. The van der Waals surface area contributed by atoms with Gasteiger partial charge >= 0.3 is 0 Å². The van der Waals surface area contributed by atoms with Gasteiger partial charge in [-0.15, -0.1) is 0 Å². The molecule has 196 valence electrons. The number of pyridine rings is 1. The van der Waals surface area contributed by atoms with E-state index in [4.69, 9.17) is 32.9 Å². The summed E-state index contributed by atoms with van der Waals surface area (Å²) in [5, 5.41) is 3.77. The first-order valence-electron chi connectivity index (χ1n) is 12.3. The largest absolute Gasteiger partial charge is 0.378 e. The number of hydrogen-bond donors (Lipinski definition) is 1. The summed E-state index contributed by atoms with van der Waals surface area (Å²) in [4.78, 5) is 20.2. The average molecular weight is 556 g/mol. The van der Waals surface area contributed by atoms with E-state index in [0.717, 1.165) is 24.6 Å². The minimum Gasteiger partial charge on any atom is -0.378 e. The molecule has 1 amide bonds. The summed E-state index contributed by atoms with van der Waals surface area (Å²) < 4.78 is 32.5. The third-order valence-electron chi connectivity index (χ3n) is 6.91. The van der Waals surface area contributed by atoms with E-state index in [9.17, 15) is 13.2 Å². The van der Waals surface area contributed by atoms with E-state index in [1.54, 1.807) is 16.4 Å². The van der Waals surface area contributed by atoms with Crippen molar-refractivity contribution in [2.24, 2.45) is 0 Å². The van der Waals surface area contributed by atoms with Gasteiger partial charge in [0.05, 0.1) is 35.2 Å². The summed E-state index contributed by atoms with van der Waals surface area (Å²) in [7, 11) is -3.30. The van der Waals surface area contributed by atoms with Gasteiger partial charge in [0, 0.05) is 43.2 Å². The molecule has 1 aromatic carbocycles. The number of rotatable bonds is 8. The van der Waals surface area contributed by atoms with Gasteiger partial charge < -0.3 is 15.0 Å². The highest BCUT2D eigenvalue weighted by Gasteiger charge is 2.41. The molecule has 0 saturated carbocycles. The monoisotopic (exact) mass is 554 g/mol. The molecular weight excluding hydrogens is 523 g/mol. The molecule has 0 aliphatic carbocycles. The Morgan fingerprint density at radius 3 is 2.50 bits per heavy atom. The average Bonchev–Trinajstić information content (AvgIpc) is 2.88. The summed E-state index contributed by atoms with van der Waals surface area (Å²) in [6, 6.07) is 10.7. The number of nitrogens with zero attached hydrogens (tertiary/aromatic N) is 3. The Morgan fingerprint density at radius 2 is 1.83 bits per heavy atom. The molecule has 0 bridgehead atoms. The van der Waals surface area contributed by atoms with E-state index in [2.05, 4.69) is 10.2 Å². The van der Waals surface area contributed by atoms with Crippen LogP contribution in [-0.2, 0) is 20.2 Å². The second-order valence-electron chi connectivity index (χ2n) is 9.28. The zero-order valence-electron chi connectivity index (χ0n) is 20.4. The Bertz CT molecular complexity index is 1180. The van der Waals surface area contributed by atoms with Crippen molar-refractivity contribution in [2.45, 2.75) is 31.6 Å². The summed E-state index contributed by atoms with van der Waals surface area (Å²) in [5.41, 5.74) is 0.672. The van der Waals surface area contributed by atoms with Crippen molar-refractivity contribution in [1.29, 1.82) is 0 Å². The number of amides is 1. The van der Waals surface area contributed by atoms with E-state index in [-0.39, 0.29) is 16.7 Å². The number of nitrogens with one attached hydrogen (secondary N) is 1. The summed E-state index contributed by atoms with van der Waals surface area (Å²) in [6.45, 7) is 5.76. The minimum atomic E-state index is -3.30. The molecule has 2 aromatic rings. The molecule has 4 rings (SSSR count). The number of carbonyl (C=O) groups excluding carboxylic acids is 1. The fourth-order valence-electron chi connectivity index (χ4n) is 4.81. The maximum Gasteiger partial charge on any atom is 0.252 e. The highest BCUT2D eigenvalue weighted by molar-refractivity contribution is 7.89. The normalized spacial score (nSPS) is 18.7. The summed E-state index contributed by atoms with van der Waals surface area (Å²) >= 11 is 12.2. The number of benzene rings is 1. The molecule has 0 radical (unpaired) electrons. The zero-order valence-corrected chi connectivity index (χ0v) is 22.7. The molecular formula is C25H32Cl2N4O4S. The minimum absolute atomic E-state index is 0.135. The van der Waals surface area contributed by atoms with E-state index in [1.165, 1.54) is 6.07 Å². The lowest BCUT2D eigenvalue weighted by Crippen LogP contribution is -2.51. The SMILES string of the molecule is CCCS(=O)(=O)N1CCC(CNC(=O)c2ccc(Cl)cc2Cl)(c2cccc(N3CCOCC3)n2)CC1. The van der Waals surface area contributed by atoms with Gasteiger partial charge in [-0.3, -0.25) is 4.79 Å². The van der Waals surface area contributed by atoms with Crippen LogP contribution in [0.2, 0.25) is 10.0 Å². The van der Waals surface area contributed by atoms with E-state index < -0.39 is 15.4 Å². The quantitative estimate of drug-likeness (QED) is 0.534. The van der Waals surface area contributed by atoms with E-state index >= 15 is 0 Å². The van der Waals surface area contributed by atoms with Gasteiger partial charge in [0.25, 0.3) is 5.91 Å². The number of sulfonamides is 1. The van der Waals surface area contributed by atoms with Crippen molar-refractivity contribution < 1.29 is 17.9 Å². The fraction of sp³-hybridized carbons (Fsp3) is 0.520. The molecule has 2 aliphatic heterocycles. The standard InChI is InChI=1S/C25H32Cl2N4O4S/c1-2-16-36(33,34)31-10-8-25(9-11-31,18-28-24(32)20-7-6-19(26)17-21(20)27)22-4-3-5-23(29-22)30-12-14-35-15-13-30/h3-7,17H,2,8-16,18H2,1H3,(H,28,32). The molecule has 1 aromatic heterocycles. The van der Waals surface area contributed by atoms with Crippen molar-refractivity contribution in [3.8, 4) is 0 Å². The van der Waals surface area contributed by atoms with Crippen LogP contribution in [0.4, 0.5) is 5.82 Å². The second-order valence-corrected chi connectivity index (χ2v) is 12.2. The highest BCUT2D eigenvalue weighted by Crippen LogP contribution is 2.36. The van der Waals surface area contributed by atoms with Crippen molar-refractivity contribution in [2.75, 3.05) is 56.6 Å². The van der Waals surface area contributed by atoms with Crippen LogP contribution in [0.1, 0.15) is 42.2 Å². The Hall–Kier alpha value is -1.91. The lowest BCUT2D eigenvalue weighted by Gasteiger charge is -2.41. The van der Waals surface area contributed by atoms with Crippen LogP contribution in [0.25, 0.3) is 0 Å².